The molecule has 140 valence electrons. The van der Waals surface area contributed by atoms with Gasteiger partial charge in [-0.15, -0.1) is 0 Å². The molecule has 2 aromatic rings. The summed E-state index contributed by atoms with van der Waals surface area (Å²) in [4.78, 5) is 23.3. The minimum absolute atomic E-state index is 0.297. The first-order chi connectivity index (χ1) is 12.5. The average Bonchev–Trinajstić information content (AvgIpc) is 2.64. The van der Waals surface area contributed by atoms with Gasteiger partial charge in [0, 0.05) is 36.6 Å². The Kier molecular flexibility index (Phi) is 7.21. The zero-order chi connectivity index (χ0) is 19.1. The summed E-state index contributed by atoms with van der Waals surface area (Å²) in [5, 5.41) is 3.41. The molecule has 0 atom stereocenters. The average molecular weight is 377 g/mol. The molecular formula is C19H25ClN4O2. The second kappa shape index (κ2) is 9.38. The van der Waals surface area contributed by atoms with Gasteiger partial charge in [0.25, 0.3) is 5.91 Å². The number of aromatic nitrogens is 2. The first-order valence-corrected chi connectivity index (χ1v) is 9.10. The van der Waals surface area contributed by atoms with Crippen molar-refractivity contribution in [2.45, 2.75) is 33.6 Å². The van der Waals surface area contributed by atoms with E-state index in [1.165, 1.54) is 7.11 Å². The summed E-state index contributed by atoms with van der Waals surface area (Å²) < 4.78 is 5.29. The molecule has 0 radical (unpaired) electrons. The monoisotopic (exact) mass is 376 g/mol. The topological polar surface area (TPSA) is 67.4 Å². The Morgan fingerprint density at radius 1 is 1.19 bits per heavy atom. The highest BCUT2D eigenvalue weighted by Crippen LogP contribution is 2.31. The van der Waals surface area contributed by atoms with Crippen LogP contribution in [0.25, 0.3) is 0 Å². The maximum Gasteiger partial charge on any atom is 0.258 e. The van der Waals surface area contributed by atoms with Gasteiger partial charge in [0.05, 0.1) is 18.4 Å². The Labute approximate surface area is 159 Å². The van der Waals surface area contributed by atoms with Crippen molar-refractivity contribution in [2.75, 3.05) is 30.4 Å². The number of methoxy groups -OCH3 is 1. The van der Waals surface area contributed by atoms with E-state index in [0.717, 1.165) is 31.5 Å². The number of carbonyl (C=O) groups is 1. The van der Waals surface area contributed by atoms with Gasteiger partial charge in [-0.05, 0) is 31.4 Å². The number of nitrogens with zero attached hydrogens (tertiary/aromatic N) is 3. The molecule has 2 rings (SSSR count). The largest absolute Gasteiger partial charge is 0.495 e. The van der Waals surface area contributed by atoms with Crippen LogP contribution in [0, 0.1) is 6.92 Å². The molecule has 1 aromatic carbocycles. The van der Waals surface area contributed by atoms with E-state index in [9.17, 15) is 4.79 Å². The molecule has 1 amide bonds. The second-order valence-electron chi connectivity index (χ2n) is 6.01. The van der Waals surface area contributed by atoms with Crippen LogP contribution in [-0.2, 0) is 0 Å². The normalized spacial score (nSPS) is 10.5. The minimum Gasteiger partial charge on any atom is -0.495 e. The zero-order valence-corrected chi connectivity index (χ0v) is 16.4. The van der Waals surface area contributed by atoms with Crippen LogP contribution in [0.1, 0.15) is 42.6 Å². The van der Waals surface area contributed by atoms with Gasteiger partial charge in [0.2, 0.25) is 5.95 Å². The standard InChI is InChI=1S/C19H25ClN4O2/c1-5-7-24(8-6-2)19-21-11-14(12-22-19)18(25)23-16-9-13(3)15(20)10-17(16)26-4/h9-12H,5-8H2,1-4H3,(H,23,25). The predicted octanol–water partition coefficient (Wildman–Crippen LogP) is 4.33. The molecule has 26 heavy (non-hydrogen) atoms. The van der Waals surface area contributed by atoms with Crippen molar-refractivity contribution >= 4 is 29.1 Å². The van der Waals surface area contributed by atoms with Gasteiger partial charge in [-0.25, -0.2) is 9.97 Å². The Bertz CT molecular complexity index is 744. The Morgan fingerprint density at radius 3 is 2.35 bits per heavy atom. The third kappa shape index (κ3) is 4.85. The molecule has 0 fully saturated rings. The van der Waals surface area contributed by atoms with Gasteiger partial charge >= 0.3 is 0 Å². The number of rotatable bonds is 8. The van der Waals surface area contributed by atoms with E-state index >= 15 is 0 Å². The highest BCUT2D eigenvalue weighted by atomic mass is 35.5. The molecule has 1 N–H and O–H groups in total. The highest BCUT2D eigenvalue weighted by Gasteiger charge is 2.14. The van der Waals surface area contributed by atoms with Crippen molar-refractivity contribution in [3.05, 3.63) is 40.7 Å². The fourth-order valence-corrected chi connectivity index (χ4v) is 2.73. The summed E-state index contributed by atoms with van der Waals surface area (Å²) in [5.74, 6) is 0.850. The molecule has 0 spiro atoms. The van der Waals surface area contributed by atoms with E-state index in [1.807, 2.05) is 6.92 Å². The van der Waals surface area contributed by atoms with E-state index in [1.54, 1.807) is 24.5 Å². The number of halogens is 1. The summed E-state index contributed by atoms with van der Waals surface area (Å²) in [6, 6.07) is 3.46. The number of nitrogens with one attached hydrogen (secondary N) is 1. The number of amides is 1. The summed E-state index contributed by atoms with van der Waals surface area (Å²) in [6.45, 7) is 7.88. The molecule has 7 heteroatoms. The Morgan fingerprint density at radius 2 is 1.81 bits per heavy atom. The fraction of sp³-hybridized carbons (Fsp3) is 0.421. The molecule has 0 saturated carbocycles. The van der Waals surface area contributed by atoms with Crippen LogP contribution in [0.2, 0.25) is 5.02 Å². The van der Waals surface area contributed by atoms with Crippen molar-refractivity contribution in [1.29, 1.82) is 0 Å². The number of benzene rings is 1. The summed E-state index contributed by atoms with van der Waals surface area (Å²) in [5.41, 5.74) is 1.79. The first kappa shape index (κ1) is 20.0. The fourth-order valence-electron chi connectivity index (χ4n) is 2.58. The van der Waals surface area contributed by atoms with E-state index in [0.29, 0.717) is 28.0 Å². The van der Waals surface area contributed by atoms with Gasteiger partial charge in [-0.2, -0.15) is 0 Å². The van der Waals surface area contributed by atoms with Crippen LogP contribution in [0.15, 0.2) is 24.5 Å². The maximum atomic E-state index is 12.5. The number of aryl methyl sites for hydroxylation is 1. The molecule has 0 unspecified atom stereocenters. The lowest BCUT2D eigenvalue weighted by molar-refractivity contribution is 0.102. The third-order valence-electron chi connectivity index (χ3n) is 3.90. The van der Waals surface area contributed by atoms with Gasteiger partial charge in [0.15, 0.2) is 0 Å². The molecule has 6 nitrogen and oxygen atoms in total. The van der Waals surface area contributed by atoms with E-state index in [2.05, 4.69) is 34.0 Å². The van der Waals surface area contributed by atoms with E-state index < -0.39 is 0 Å². The van der Waals surface area contributed by atoms with Crippen LogP contribution in [0.5, 0.6) is 5.75 Å². The maximum absolute atomic E-state index is 12.5. The molecule has 0 bridgehead atoms. The van der Waals surface area contributed by atoms with Gasteiger partial charge in [-0.1, -0.05) is 25.4 Å². The Hall–Kier alpha value is -2.34. The second-order valence-corrected chi connectivity index (χ2v) is 6.42. The van der Waals surface area contributed by atoms with Crippen molar-refractivity contribution in [2.24, 2.45) is 0 Å². The van der Waals surface area contributed by atoms with Crippen LogP contribution < -0.4 is 15.0 Å². The summed E-state index contributed by atoms with van der Waals surface area (Å²) in [7, 11) is 1.53. The molecule has 0 aliphatic heterocycles. The highest BCUT2D eigenvalue weighted by molar-refractivity contribution is 6.31. The van der Waals surface area contributed by atoms with Crippen molar-refractivity contribution in [3.63, 3.8) is 0 Å². The van der Waals surface area contributed by atoms with Crippen molar-refractivity contribution < 1.29 is 9.53 Å². The number of ether oxygens (including phenoxy) is 1. The number of anilines is 2. The van der Waals surface area contributed by atoms with Crippen molar-refractivity contribution in [1.82, 2.24) is 9.97 Å². The van der Waals surface area contributed by atoms with Crippen LogP contribution in [0.3, 0.4) is 0 Å². The van der Waals surface area contributed by atoms with Crippen LogP contribution >= 0.6 is 11.6 Å². The number of carbonyl (C=O) groups excluding carboxylic acids is 1. The number of hydrogen-bond donors (Lipinski definition) is 1. The summed E-state index contributed by atoms with van der Waals surface area (Å²) >= 11 is 6.10. The quantitative estimate of drug-likeness (QED) is 0.742. The molecule has 0 saturated heterocycles. The lowest BCUT2D eigenvalue weighted by atomic mass is 10.2. The zero-order valence-electron chi connectivity index (χ0n) is 15.7. The van der Waals surface area contributed by atoms with Crippen LogP contribution in [-0.4, -0.2) is 36.1 Å². The van der Waals surface area contributed by atoms with Crippen molar-refractivity contribution in [3.8, 4) is 5.75 Å². The minimum atomic E-state index is -0.297. The Balaban J connectivity index is 2.17. The number of hydrogen-bond acceptors (Lipinski definition) is 5. The molecular weight excluding hydrogens is 352 g/mol. The summed E-state index contributed by atoms with van der Waals surface area (Å²) in [6.07, 6.45) is 5.12. The SMILES string of the molecule is CCCN(CCC)c1ncc(C(=O)Nc2cc(C)c(Cl)cc2OC)cn1. The smallest absolute Gasteiger partial charge is 0.258 e. The van der Waals surface area contributed by atoms with Crippen LogP contribution in [0.4, 0.5) is 11.6 Å². The first-order valence-electron chi connectivity index (χ1n) is 8.72. The lowest BCUT2D eigenvalue weighted by Crippen LogP contribution is -2.27. The van der Waals surface area contributed by atoms with E-state index in [-0.39, 0.29) is 5.91 Å². The van der Waals surface area contributed by atoms with E-state index in [4.69, 9.17) is 16.3 Å². The molecule has 0 aliphatic rings. The molecule has 1 aromatic heterocycles. The predicted molar refractivity (Wildman–Crippen MR) is 106 cm³/mol. The van der Waals surface area contributed by atoms with Gasteiger partial charge in [0.1, 0.15) is 5.75 Å². The lowest BCUT2D eigenvalue weighted by Gasteiger charge is -2.21. The molecule has 0 aliphatic carbocycles. The molecule has 1 heterocycles. The van der Waals surface area contributed by atoms with Gasteiger partial charge in [-0.3, -0.25) is 4.79 Å². The van der Waals surface area contributed by atoms with Gasteiger partial charge < -0.3 is 15.0 Å². The third-order valence-corrected chi connectivity index (χ3v) is 4.31.